The van der Waals surface area contributed by atoms with Crippen LogP contribution in [-0.2, 0) is 95.3 Å². The molecule has 39 nitrogen and oxygen atoms in total. The van der Waals surface area contributed by atoms with E-state index in [1.165, 1.54) is 20.8 Å². The quantitative estimate of drug-likeness (QED) is 0.0252. The minimum Gasteiger partial charge on any atom is -0.394 e. The summed E-state index contributed by atoms with van der Waals surface area (Å²) in [6.45, 7) is 6.38. The van der Waals surface area contributed by atoms with Gasteiger partial charge in [0.25, 0.3) is 0 Å². The number of aliphatic hydroxyl groups excluding tert-OH is 10. The van der Waals surface area contributed by atoms with Gasteiger partial charge in [0.2, 0.25) is 53.2 Å². The van der Waals surface area contributed by atoms with Gasteiger partial charge < -0.3 is 151 Å². The van der Waals surface area contributed by atoms with Crippen molar-refractivity contribution in [3.05, 3.63) is 0 Å². The van der Waals surface area contributed by atoms with Gasteiger partial charge in [-0.05, 0) is 46.5 Å². The molecule has 0 aromatic carbocycles. The van der Waals surface area contributed by atoms with Gasteiger partial charge in [-0.15, -0.1) is 0 Å². The number of ether oxygens (including phenoxy) is 11. The molecule has 9 amide bonds. The topological polar surface area (TPSA) is 566 Å². The van der Waals surface area contributed by atoms with Crippen LogP contribution in [0.2, 0.25) is 0 Å². The number of rotatable bonds is 52. The standard InChI is InChI=1S/C68H121N9O30/c1-39(82)73-54-60(92)57(89)47(36-79)104-65(54)100-30-27-97-24-21-69-51(86)19-17-43(63(95)70-22-25-98-28-31-101-66-55(74-40(2)83)61(93)58(90)48(37-80)105-66)77-53(88)20-18-44(64(96)71-23-26-99-29-32-102-67-56(75-41(3)84)62(94)59(91)49(38-81)106-67)76-52(87)16-14-12-10-8-7-9-11-13-15-50(85)72-34-42-33-45(46(35-78)103-42)107-68(4,5)6/h42-49,54-62,65-67,78-81,89-94H,7-38H2,1-6H3,(H,69,86)(H,70,95)(H,71,96)(H,72,85)(H,73,82)(H,74,83)(H,75,84)(H,76,87)(H,77,88). The molecule has 19 N–H and O–H groups in total. The molecule has 4 fully saturated rings. The SMILES string of the molecule is CC(=O)NC1C(OCCOCCNC(=O)CCC(NC(=O)CCC(NC(=O)CCCCCCCCCCC(=O)NCC2CC(OC(C)(C)C)C(CO)O2)C(=O)NCCOCCOC2OC(CO)C(O)C(O)C2NC(C)=O)C(=O)NCCOCCOC2OC(CO)C(O)C(O)C2NC(C)=O)OC(CO)C(O)C1O. The van der Waals surface area contributed by atoms with E-state index in [0.717, 1.165) is 32.1 Å². The number of amides is 9. The average Bonchev–Trinajstić information content (AvgIpc) is 1.61. The number of carbonyl (C=O) groups excluding carboxylic acids is 9. The third-order valence-electron chi connectivity index (χ3n) is 17.6. The Morgan fingerprint density at radius 1 is 0.402 bits per heavy atom. The molecule has 4 aliphatic rings. The largest absolute Gasteiger partial charge is 0.394 e. The summed E-state index contributed by atoms with van der Waals surface area (Å²) in [6.07, 6.45) is -11.6. The zero-order valence-corrected chi connectivity index (χ0v) is 62.3. The van der Waals surface area contributed by atoms with Gasteiger partial charge in [-0.1, -0.05) is 38.5 Å². The van der Waals surface area contributed by atoms with Crippen LogP contribution in [0, 0.1) is 0 Å². The highest BCUT2D eigenvalue weighted by Gasteiger charge is 2.48. The first-order chi connectivity index (χ1) is 51.0. The van der Waals surface area contributed by atoms with E-state index in [1.54, 1.807) is 0 Å². The van der Waals surface area contributed by atoms with Crippen LogP contribution in [0.3, 0.4) is 0 Å². The molecule has 618 valence electrons. The lowest BCUT2D eigenvalue weighted by atomic mass is 9.97. The van der Waals surface area contributed by atoms with Gasteiger partial charge in [-0.2, -0.15) is 0 Å². The van der Waals surface area contributed by atoms with Crippen molar-refractivity contribution in [2.75, 3.05) is 112 Å². The second-order valence-corrected chi connectivity index (χ2v) is 27.6. The van der Waals surface area contributed by atoms with E-state index in [0.29, 0.717) is 38.6 Å². The average molecular weight is 1540 g/mol. The summed E-state index contributed by atoms with van der Waals surface area (Å²) in [5.74, 6) is -4.89. The Morgan fingerprint density at radius 3 is 1.10 bits per heavy atom. The Hall–Kier alpha value is -5.61. The van der Waals surface area contributed by atoms with Crippen molar-refractivity contribution < 1.29 is 146 Å². The summed E-state index contributed by atoms with van der Waals surface area (Å²) in [4.78, 5) is 116. The molecule has 0 spiro atoms. The molecule has 4 rings (SSSR count). The summed E-state index contributed by atoms with van der Waals surface area (Å²) in [5, 5.41) is 125. The fourth-order valence-electron chi connectivity index (χ4n) is 12.1. The van der Waals surface area contributed by atoms with Gasteiger partial charge in [0.1, 0.15) is 91.2 Å². The van der Waals surface area contributed by atoms with Gasteiger partial charge >= 0.3 is 0 Å². The smallest absolute Gasteiger partial charge is 0.242 e. The van der Waals surface area contributed by atoms with Crippen molar-refractivity contribution in [3.8, 4) is 0 Å². The Balaban J connectivity index is 1.32. The van der Waals surface area contributed by atoms with Crippen LogP contribution in [-0.4, -0.2) is 344 Å². The van der Waals surface area contributed by atoms with Crippen LogP contribution in [0.1, 0.15) is 138 Å². The fourth-order valence-corrected chi connectivity index (χ4v) is 12.1. The molecule has 0 saturated carbocycles. The lowest BCUT2D eigenvalue weighted by molar-refractivity contribution is -0.272. The van der Waals surface area contributed by atoms with E-state index in [-0.39, 0.29) is 130 Å². The first kappa shape index (κ1) is 93.8. The highest BCUT2D eigenvalue weighted by Crippen LogP contribution is 2.28. The van der Waals surface area contributed by atoms with Gasteiger partial charge in [0.15, 0.2) is 18.9 Å². The second kappa shape index (κ2) is 51.0. The minimum absolute atomic E-state index is 0.0226. The Labute approximate surface area is 623 Å². The van der Waals surface area contributed by atoms with Crippen molar-refractivity contribution in [2.24, 2.45) is 0 Å². The summed E-state index contributed by atoms with van der Waals surface area (Å²) in [7, 11) is 0. The molecule has 4 saturated heterocycles. The van der Waals surface area contributed by atoms with E-state index in [9.17, 15) is 94.2 Å². The van der Waals surface area contributed by atoms with Gasteiger partial charge in [0.05, 0.1) is 104 Å². The van der Waals surface area contributed by atoms with Crippen molar-refractivity contribution in [1.82, 2.24) is 47.9 Å². The lowest BCUT2D eigenvalue weighted by Crippen LogP contribution is -2.64. The highest BCUT2D eigenvalue weighted by atomic mass is 16.7. The van der Waals surface area contributed by atoms with Crippen LogP contribution >= 0.6 is 0 Å². The third-order valence-corrected chi connectivity index (χ3v) is 17.6. The number of carbonyl (C=O) groups is 9. The predicted octanol–water partition coefficient (Wildman–Crippen LogP) is -6.85. The zero-order chi connectivity index (χ0) is 79.0. The fraction of sp³-hybridized carbons (Fsp3) is 0.868. The molecule has 0 aliphatic carbocycles. The molecule has 20 unspecified atom stereocenters. The summed E-state index contributed by atoms with van der Waals surface area (Å²) in [5.41, 5.74) is -0.404. The third kappa shape index (κ3) is 35.5. The number of aliphatic hydroxyl groups is 10. The second-order valence-electron chi connectivity index (χ2n) is 27.6. The monoisotopic (exact) mass is 1540 g/mol. The normalized spacial score (nSPS) is 27.8. The Morgan fingerprint density at radius 2 is 0.738 bits per heavy atom. The maximum absolute atomic E-state index is 13.8. The van der Waals surface area contributed by atoms with Crippen LogP contribution in [0.5, 0.6) is 0 Å². The number of nitrogens with one attached hydrogen (secondary N) is 9. The number of hydrogen-bond donors (Lipinski definition) is 19. The zero-order valence-electron chi connectivity index (χ0n) is 62.3. The van der Waals surface area contributed by atoms with Crippen molar-refractivity contribution in [1.29, 1.82) is 0 Å². The molecular formula is C68H121N9O30. The van der Waals surface area contributed by atoms with Crippen LogP contribution in [0.15, 0.2) is 0 Å². The number of unbranched alkanes of at least 4 members (excludes halogenated alkanes) is 7. The Bertz CT molecular complexity index is 2640. The predicted molar refractivity (Wildman–Crippen MR) is 372 cm³/mol. The number of hydrogen-bond acceptors (Lipinski definition) is 30. The maximum Gasteiger partial charge on any atom is 0.242 e. The first-order valence-electron chi connectivity index (χ1n) is 36.9. The van der Waals surface area contributed by atoms with Crippen molar-refractivity contribution >= 4 is 53.2 Å². The maximum atomic E-state index is 13.8. The van der Waals surface area contributed by atoms with Crippen LogP contribution in [0.25, 0.3) is 0 Å². The van der Waals surface area contributed by atoms with Crippen molar-refractivity contribution in [3.63, 3.8) is 0 Å². The first-order valence-corrected chi connectivity index (χ1v) is 36.9. The molecule has 39 heteroatoms. The molecule has 4 aliphatic heterocycles. The van der Waals surface area contributed by atoms with E-state index in [2.05, 4.69) is 47.9 Å². The van der Waals surface area contributed by atoms with Crippen LogP contribution in [0.4, 0.5) is 0 Å². The van der Waals surface area contributed by atoms with E-state index < -0.39 is 189 Å². The molecule has 20 atom stereocenters. The van der Waals surface area contributed by atoms with E-state index in [4.69, 9.17) is 52.1 Å². The van der Waals surface area contributed by atoms with E-state index >= 15 is 0 Å². The molecule has 107 heavy (non-hydrogen) atoms. The summed E-state index contributed by atoms with van der Waals surface area (Å²) in [6, 6.07) is -6.17. The molecule has 0 radical (unpaired) electrons. The molecule has 0 aromatic heterocycles. The Kier molecular flexibility index (Phi) is 44.7. The minimum atomic E-state index is -1.54. The van der Waals surface area contributed by atoms with Gasteiger partial charge in [-0.3, -0.25) is 43.2 Å². The summed E-state index contributed by atoms with van der Waals surface area (Å²) >= 11 is 0. The molecular weight excluding hydrogens is 1420 g/mol. The van der Waals surface area contributed by atoms with Crippen LogP contribution < -0.4 is 47.9 Å². The highest BCUT2D eigenvalue weighted by molar-refractivity contribution is 5.90. The molecule has 0 bridgehead atoms. The van der Waals surface area contributed by atoms with Crippen molar-refractivity contribution in [2.45, 2.75) is 266 Å². The molecule has 0 aromatic rings. The van der Waals surface area contributed by atoms with E-state index in [1.807, 2.05) is 20.8 Å². The summed E-state index contributed by atoms with van der Waals surface area (Å²) < 4.78 is 62.4. The lowest BCUT2D eigenvalue weighted by Gasteiger charge is -2.42. The molecule has 4 heterocycles. The van der Waals surface area contributed by atoms with Gasteiger partial charge in [-0.25, -0.2) is 0 Å². The van der Waals surface area contributed by atoms with Gasteiger partial charge in [0, 0.05) is 79.1 Å².